The molecule has 0 spiro atoms. The third-order valence-corrected chi connectivity index (χ3v) is 3.37. The van der Waals surface area contributed by atoms with Crippen LogP contribution in [0.1, 0.15) is 10.4 Å². The van der Waals surface area contributed by atoms with E-state index >= 15 is 0 Å². The van der Waals surface area contributed by atoms with Gasteiger partial charge < -0.3 is 4.74 Å². The van der Waals surface area contributed by atoms with Crippen LogP contribution in [0, 0.1) is 0 Å². The van der Waals surface area contributed by atoms with Gasteiger partial charge in [-0.25, -0.2) is 17.9 Å². The summed E-state index contributed by atoms with van der Waals surface area (Å²) in [4.78, 5) is 14.1. The van der Waals surface area contributed by atoms with Gasteiger partial charge in [0.25, 0.3) is 0 Å². The number of nitrogens with one attached hydrogen (secondary N) is 1. The number of ether oxygens (including phenoxy) is 1. The molecule has 0 aliphatic rings. The topological polar surface area (TPSA) is 85.4 Å². The lowest BCUT2D eigenvalue weighted by Crippen LogP contribution is -2.34. The van der Waals surface area contributed by atoms with Crippen LogP contribution < -0.4 is 4.72 Å². The molecule has 1 rings (SSSR count). The third-order valence-electron chi connectivity index (χ3n) is 1.94. The first-order valence-corrected chi connectivity index (χ1v) is 6.24. The van der Waals surface area contributed by atoms with Gasteiger partial charge in [0, 0.05) is 12.4 Å². The van der Waals surface area contributed by atoms with Crippen LogP contribution in [0.5, 0.6) is 0 Å². The third kappa shape index (κ3) is 4.17. The van der Waals surface area contributed by atoms with Gasteiger partial charge in [0.05, 0.1) is 12.7 Å². The second-order valence-electron chi connectivity index (χ2n) is 3.30. The van der Waals surface area contributed by atoms with Gasteiger partial charge >= 0.3 is 12.1 Å². The summed E-state index contributed by atoms with van der Waals surface area (Å²) in [6, 6.07) is 1.04. The average molecular weight is 298 g/mol. The normalized spacial score (nSPS) is 12.2. The average Bonchev–Trinajstić information content (AvgIpc) is 2.35. The fourth-order valence-corrected chi connectivity index (χ4v) is 2.28. The number of nitrogens with zero attached hydrogens (tertiary/aromatic N) is 1. The first kappa shape index (κ1) is 15.4. The van der Waals surface area contributed by atoms with E-state index in [1.54, 1.807) is 0 Å². The van der Waals surface area contributed by atoms with Crippen LogP contribution in [-0.4, -0.2) is 39.2 Å². The molecule has 106 valence electrons. The number of rotatable bonds is 4. The number of aromatic nitrogens is 1. The van der Waals surface area contributed by atoms with Crippen molar-refractivity contribution in [2.45, 2.75) is 11.1 Å². The lowest BCUT2D eigenvalue weighted by atomic mass is 10.3. The summed E-state index contributed by atoms with van der Waals surface area (Å²) in [5.41, 5.74) is -0.396. The highest BCUT2D eigenvalue weighted by Gasteiger charge is 2.31. The Labute approximate surface area is 106 Å². The van der Waals surface area contributed by atoms with Crippen LogP contribution in [0.3, 0.4) is 0 Å². The van der Waals surface area contributed by atoms with Crippen molar-refractivity contribution in [3.8, 4) is 0 Å². The highest BCUT2D eigenvalue weighted by Crippen LogP contribution is 2.17. The maximum absolute atomic E-state index is 12.0. The molecule has 0 aliphatic heterocycles. The molecule has 0 aromatic carbocycles. The summed E-state index contributed by atoms with van der Waals surface area (Å²) < 4.78 is 65.0. The van der Waals surface area contributed by atoms with Gasteiger partial charge in [0.1, 0.15) is 11.4 Å². The Morgan fingerprint density at radius 2 is 2.11 bits per heavy atom. The zero-order chi connectivity index (χ0) is 14.7. The molecule has 0 saturated carbocycles. The first-order chi connectivity index (χ1) is 8.67. The molecule has 0 atom stereocenters. The molecule has 1 N–H and O–H groups in total. The van der Waals surface area contributed by atoms with Crippen molar-refractivity contribution in [3.63, 3.8) is 0 Å². The van der Waals surface area contributed by atoms with E-state index in [4.69, 9.17) is 0 Å². The molecule has 0 radical (unpaired) electrons. The zero-order valence-corrected chi connectivity index (χ0v) is 10.4. The number of carbonyl (C=O) groups is 1. The smallest absolute Gasteiger partial charge is 0.402 e. The van der Waals surface area contributed by atoms with E-state index in [-0.39, 0.29) is 0 Å². The van der Waals surface area contributed by atoms with E-state index in [0.717, 1.165) is 25.6 Å². The molecule has 6 nitrogen and oxygen atoms in total. The maximum atomic E-state index is 12.0. The van der Waals surface area contributed by atoms with Gasteiger partial charge in [0.15, 0.2) is 0 Å². The summed E-state index contributed by atoms with van der Waals surface area (Å²) in [7, 11) is -3.50. The second kappa shape index (κ2) is 5.53. The van der Waals surface area contributed by atoms with Gasteiger partial charge in [-0.1, -0.05) is 0 Å². The van der Waals surface area contributed by atoms with Gasteiger partial charge in [-0.3, -0.25) is 4.98 Å². The largest absolute Gasteiger partial charge is 0.465 e. The SMILES string of the molecule is COC(=O)c1ccncc1S(=O)(=O)NCC(F)(F)F. The number of carbonyl (C=O) groups excluding carboxylic acids is 1. The minimum Gasteiger partial charge on any atom is -0.465 e. The fourth-order valence-electron chi connectivity index (χ4n) is 1.13. The van der Waals surface area contributed by atoms with E-state index in [9.17, 15) is 26.4 Å². The summed E-state index contributed by atoms with van der Waals surface area (Å²) in [5.74, 6) is -0.991. The number of hydrogen-bond donors (Lipinski definition) is 1. The van der Waals surface area contributed by atoms with Crippen LogP contribution in [0.4, 0.5) is 13.2 Å². The fraction of sp³-hybridized carbons (Fsp3) is 0.333. The molecule has 10 heteroatoms. The molecule has 0 saturated heterocycles. The number of alkyl halides is 3. The minimum atomic E-state index is -4.71. The van der Waals surface area contributed by atoms with Gasteiger partial charge in [-0.05, 0) is 6.07 Å². The monoisotopic (exact) mass is 298 g/mol. The Morgan fingerprint density at radius 3 is 2.63 bits per heavy atom. The van der Waals surface area contributed by atoms with E-state index in [2.05, 4.69) is 9.72 Å². The molecule has 1 aromatic heterocycles. The standard InChI is InChI=1S/C9H9F3N2O4S/c1-18-8(15)6-2-3-13-4-7(6)19(16,17)14-5-9(10,11)12/h2-4,14H,5H2,1H3. The molecular formula is C9H9F3N2O4S. The highest BCUT2D eigenvalue weighted by molar-refractivity contribution is 7.89. The number of methoxy groups -OCH3 is 1. The van der Waals surface area contributed by atoms with E-state index in [1.165, 1.54) is 4.72 Å². The molecule has 0 unspecified atom stereocenters. The summed E-state index contributed by atoms with van der Waals surface area (Å²) in [6.07, 6.45) is -2.82. The van der Waals surface area contributed by atoms with Crippen molar-refractivity contribution >= 4 is 16.0 Å². The number of pyridine rings is 1. The lowest BCUT2D eigenvalue weighted by molar-refractivity contribution is -0.121. The van der Waals surface area contributed by atoms with Crippen molar-refractivity contribution in [2.24, 2.45) is 0 Å². The van der Waals surface area contributed by atoms with Crippen molar-refractivity contribution in [1.82, 2.24) is 9.71 Å². The van der Waals surface area contributed by atoms with Gasteiger partial charge in [0.2, 0.25) is 10.0 Å². The Bertz CT molecular complexity index is 571. The highest BCUT2D eigenvalue weighted by atomic mass is 32.2. The number of hydrogen-bond acceptors (Lipinski definition) is 5. The molecular weight excluding hydrogens is 289 g/mol. The predicted octanol–water partition coefficient (Wildman–Crippen LogP) is 0.709. The molecule has 0 fully saturated rings. The Balaban J connectivity index is 3.12. The Hall–Kier alpha value is -1.68. The van der Waals surface area contributed by atoms with E-state index in [1.807, 2.05) is 0 Å². The van der Waals surface area contributed by atoms with Gasteiger partial charge in [-0.2, -0.15) is 13.2 Å². The number of sulfonamides is 1. The molecule has 1 aromatic rings. The van der Waals surface area contributed by atoms with Crippen LogP contribution in [0.2, 0.25) is 0 Å². The van der Waals surface area contributed by atoms with Crippen LogP contribution >= 0.6 is 0 Å². The molecule has 0 aliphatic carbocycles. The molecule has 1 heterocycles. The van der Waals surface area contributed by atoms with Gasteiger partial charge in [-0.15, -0.1) is 0 Å². The maximum Gasteiger partial charge on any atom is 0.402 e. The number of esters is 1. The summed E-state index contributed by atoms with van der Waals surface area (Å²) >= 11 is 0. The van der Waals surface area contributed by atoms with Crippen molar-refractivity contribution in [1.29, 1.82) is 0 Å². The zero-order valence-electron chi connectivity index (χ0n) is 9.56. The molecule has 0 bridgehead atoms. The van der Waals surface area contributed by atoms with Crippen molar-refractivity contribution < 1.29 is 31.1 Å². The van der Waals surface area contributed by atoms with Crippen molar-refractivity contribution in [3.05, 3.63) is 24.0 Å². The summed E-state index contributed by atoms with van der Waals surface area (Å²) in [5, 5.41) is 0. The second-order valence-corrected chi connectivity index (χ2v) is 5.04. The Kier molecular flexibility index (Phi) is 4.48. The molecule has 0 amide bonds. The predicted molar refractivity (Wildman–Crippen MR) is 56.8 cm³/mol. The van der Waals surface area contributed by atoms with E-state index < -0.39 is 39.2 Å². The summed E-state index contributed by atoms with van der Waals surface area (Å²) in [6.45, 7) is -1.75. The lowest BCUT2D eigenvalue weighted by Gasteiger charge is -2.11. The minimum absolute atomic E-state index is 0.396. The van der Waals surface area contributed by atoms with Crippen LogP contribution in [-0.2, 0) is 14.8 Å². The molecule has 19 heavy (non-hydrogen) atoms. The quantitative estimate of drug-likeness (QED) is 0.827. The van der Waals surface area contributed by atoms with Crippen LogP contribution in [0.25, 0.3) is 0 Å². The number of halogens is 3. The van der Waals surface area contributed by atoms with E-state index in [0.29, 0.717) is 0 Å². The first-order valence-electron chi connectivity index (χ1n) is 4.76. The van der Waals surface area contributed by atoms with Crippen molar-refractivity contribution in [2.75, 3.05) is 13.7 Å². The Morgan fingerprint density at radius 1 is 1.47 bits per heavy atom. The van der Waals surface area contributed by atoms with Crippen LogP contribution in [0.15, 0.2) is 23.4 Å².